The Kier molecular flexibility index (Phi) is 6.13. The fraction of sp³-hybridized carbons (Fsp3) is 0.227. The zero-order chi connectivity index (χ0) is 21.8. The van der Waals surface area contributed by atoms with Crippen LogP contribution in [0, 0.1) is 0 Å². The van der Waals surface area contributed by atoms with Gasteiger partial charge < -0.3 is 15.7 Å². The molecular weight excluding hydrogens is 416 g/mol. The number of nitrogens with one attached hydrogen (secondary N) is 2. The number of aromatic carboxylic acids is 1. The first kappa shape index (κ1) is 20.8. The van der Waals surface area contributed by atoms with Gasteiger partial charge in [0.05, 0.1) is 11.3 Å². The van der Waals surface area contributed by atoms with E-state index >= 15 is 0 Å². The van der Waals surface area contributed by atoms with Crippen LogP contribution >= 0.6 is 11.8 Å². The molecule has 0 unspecified atom stereocenters. The molecule has 0 radical (unpaired) electrons. The minimum Gasteiger partial charge on any atom is -0.478 e. The van der Waals surface area contributed by atoms with Gasteiger partial charge in [-0.1, -0.05) is 36.0 Å². The minimum absolute atomic E-state index is 0.0321. The quantitative estimate of drug-likeness (QED) is 0.622. The number of thioether (sulfide) groups is 1. The molecule has 2 amide bonds. The third-order valence-electron chi connectivity index (χ3n) is 5.01. The molecule has 0 saturated carbocycles. The summed E-state index contributed by atoms with van der Waals surface area (Å²) in [5, 5.41) is 22.6. The smallest absolute Gasteiger partial charge is 0.335 e. The first-order chi connectivity index (χ1) is 15.0. The second kappa shape index (κ2) is 9.13. The van der Waals surface area contributed by atoms with Crippen molar-refractivity contribution in [3.63, 3.8) is 0 Å². The molecule has 1 saturated heterocycles. The second-order valence-electron chi connectivity index (χ2n) is 7.19. The Balaban J connectivity index is 1.37. The van der Waals surface area contributed by atoms with Crippen molar-refractivity contribution < 1.29 is 19.5 Å². The Morgan fingerprint density at radius 3 is 2.65 bits per heavy atom. The van der Waals surface area contributed by atoms with Crippen molar-refractivity contribution in [3.8, 4) is 0 Å². The number of amides is 2. The van der Waals surface area contributed by atoms with Crippen LogP contribution in [0.1, 0.15) is 40.7 Å². The van der Waals surface area contributed by atoms with Gasteiger partial charge in [-0.3, -0.25) is 9.59 Å². The van der Waals surface area contributed by atoms with Crippen molar-refractivity contribution in [1.29, 1.82) is 0 Å². The van der Waals surface area contributed by atoms with E-state index in [0.717, 1.165) is 30.5 Å². The minimum atomic E-state index is -1.04. The van der Waals surface area contributed by atoms with E-state index in [1.165, 1.54) is 41.6 Å². The van der Waals surface area contributed by atoms with Gasteiger partial charge in [0, 0.05) is 17.7 Å². The van der Waals surface area contributed by atoms with Crippen LogP contribution in [-0.4, -0.2) is 39.0 Å². The summed E-state index contributed by atoms with van der Waals surface area (Å²) in [6.45, 7) is 0. The van der Waals surface area contributed by atoms with E-state index < -0.39 is 11.2 Å². The number of amidine groups is 1. The molecule has 8 nitrogen and oxygen atoms in total. The van der Waals surface area contributed by atoms with Crippen LogP contribution in [0.15, 0.2) is 58.7 Å². The van der Waals surface area contributed by atoms with Gasteiger partial charge in [0.15, 0.2) is 5.17 Å². The number of hydrogen-bond donors (Lipinski definition) is 3. The molecule has 4 rings (SSSR count). The summed E-state index contributed by atoms with van der Waals surface area (Å²) in [7, 11) is 0. The largest absolute Gasteiger partial charge is 0.478 e. The number of anilines is 1. The standard InChI is InChI=1S/C22H20N4O4S/c27-19(23-15-10-8-14(9-11-15)21(29)30)12-18-20(28)24-22(31-18)26-25-17-7-3-5-13-4-1-2-6-16(13)17/h1-2,4,6,8-11,18H,3,5,7,12H2,(H,23,27)(H,29,30)(H,24,26,28)/b25-17-/t18-/m1/s1. The third-order valence-corrected chi connectivity index (χ3v) is 6.08. The van der Waals surface area contributed by atoms with Gasteiger partial charge in [-0.2, -0.15) is 5.10 Å². The fourth-order valence-corrected chi connectivity index (χ4v) is 4.39. The maximum Gasteiger partial charge on any atom is 0.335 e. The van der Waals surface area contributed by atoms with Crippen LogP contribution in [0.2, 0.25) is 0 Å². The molecule has 1 heterocycles. The van der Waals surface area contributed by atoms with Gasteiger partial charge in [0.2, 0.25) is 11.8 Å². The van der Waals surface area contributed by atoms with Crippen LogP contribution in [0.5, 0.6) is 0 Å². The van der Waals surface area contributed by atoms with Crippen LogP contribution in [0.3, 0.4) is 0 Å². The SMILES string of the molecule is O=C(C[C@H]1S/C(=N/N=C2/CCCc3ccccc32)NC1=O)Nc1ccc(C(=O)O)cc1. The highest BCUT2D eigenvalue weighted by molar-refractivity contribution is 8.15. The topological polar surface area (TPSA) is 120 Å². The van der Waals surface area contributed by atoms with Crippen molar-refractivity contribution in [3.05, 3.63) is 65.2 Å². The lowest BCUT2D eigenvalue weighted by Gasteiger charge is -2.16. The van der Waals surface area contributed by atoms with E-state index in [4.69, 9.17) is 5.11 Å². The van der Waals surface area contributed by atoms with E-state index in [1.807, 2.05) is 18.2 Å². The van der Waals surface area contributed by atoms with E-state index in [2.05, 4.69) is 26.9 Å². The van der Waals surface area contributed by atoms with E-state index in [0.29, 0.717) is 10.9 Å². The van der Waals surface area contributed by atoms with E-state index in [-0.39, 0.29) is 23.8 Å². The summed E-state index contributed by atoms with van der Waals surface area (Å²) in [5.74, 6) is -1.67. The molecule has 1 aliphatic carbocycles. The number of nitrogens with zero attached hydrogens (tertiary/aromatic N) is 2. The maximum atomic E-state index is 12.3. The van der Waals surface area contributed by atoms with Gasteiger partial charge in [0.1, 0.15) is 5.25 Å². The Hall–Kier alpha value is -3.46. The predicted molar refractivity (Wildman–Crippen MR) is 120 cm³/mol. The van der Waals surface area contributed by atoms with Gasteiger partial charge in [-0.05, 0) is 49.1 Å². The van der Waals surface area contributed by atoms with Crippen LogP contribution in [0.4, 0.5) is 5.69 Å². The monoisotopic (exact) mass is 436 g/mol. The Morgan fingerprint density at radius 2 is 1.87 bits per heavy atom. The number of carbonyl (C=O) groups is 3. The number of benzene rings is 2. The van der Waals surface area contributed by atoms with E-state index in [9.17, 15) is 14.4 Å². The van der Waals surface area contributed by atoms with Crippen molar-refractivity contribution in [2.45, 2.75) is 30.9 Å². The lowest BCUT2D eigenvalue weighted by atomic mass is 9.90. The molecule has 2 aromatic carbocycles. The highest BCUT2D eigenvalue weighted by atomic mass is 32.2. The van der Waals surface area contributed by atoms with Crippen LogP contribution in [-0.2, 0) is 16.0 Å². The number of carboxylic acids is 1. The molecule has 2 aromatic rings. The number of rotatable bonds is 5. The average Bonchev–Trinajstić information content (AvgIpc) is 3.11. The second-order valence-corrected chi connectivity index (χ2v) is 8.38. The molecule has 2 aliphatic rings. The Morgan fingerprint density at radius 1 is 1.10 bits per heavy atom. The third kappa shape index (κ3) is 5.00. The zero-order valence-corrected chi connectivity index (χ0v) is 17.3. The molecule has 31 heavy (non-hydrogen) atoms. The predicted octanol–water partition coefficient (Wildman–Crippen LogP) is 3.04. The molecule has 0 bridgehead atoms. The highest BCUT2D eigenvalue weighted by Crippen LogP contribution is 2.25. The molecule has 0 spiro atoms. The van der Waals surface area contributed by atoms with Crippen molar-refractivity contribution >= 4 is 46.1 Å². The first-order valence-corrected chi connectivity index (χ1v) is 10.7. The van der Waals surface area contributed by atoms with Crippen molar-refractivity contribution in [2.75, 3.05) is 5.32 Å². The molecule has 158 valence electrons. The summed E-state index contributed by atoms with van der Waals surface area (Å²) in [5.41, 5.74) is 3.84. The number of hydrogen-bond acceptors (Lipinski definition) is 6. The van der Waals surface area contributed by atoms with Crippen molar-refractivity contribution in [2.24, 2.45) is 10.2 Å². The fourth-order valence-electron chi connectivity index (χ4n) is 3.47. The average molecular weight is 436 g/mol. The van der Waals surface area contributed by atoms with E-state index in [1.54, 1.807) is 0 Å². The molecule has 1 fully saturated rings. The summed E-state index contributed by atoms with van der Waals surface area (Å²) in [6.07, 6.45) is 2.83. The van der Waals surface area contributed by atoms with Gasteiger partial charge in [-0.15, -0.1) is 5.10 Å². The lowest BCUT2D eigenvalue weighted by molar-refractivity contribution is -0.122. The molecule has 0 aromatic heterocycles. The molecular formula is C22H20N4O4S. The molecule has 1 aliphatic heterocycles. The number of aryl methyl sites for hydroxylation is 1. The Labute approximate surface area is 182 Å². The summed E-state index contributed by atoms with van der Waals surface area (Å²) in [6, 6.07) is 13.9. The molecule has 1 atom stereocenters. The van der Waals surface area contributed by atoms with Gasteiger partial charge in [0.25, 0.3) is 0 Å². The molecule has 9 heteroatoms. The summed E-state index contributed by atoms with van der Waals surface area (Å²) in [4.78, 5) is 35.4. The first-order valence-electron chi connectivity index (χ1n) is 9.83. The highest BCUT2D eigenvalue weighted by Gasteiger charge is 2.32. The number of carbonyl (C=O) groups excluding carboxylic acids is 2. The lowest BCUT2D eigenvalue weighted by Crippen LogP contribution is -2.28. The van der Waals surface area contributed by atoms with Crippen LogP contribution < -0.4 is 10.6 Å². The summed E-state index contributed by atoms with van der Waals surface area (Å²) >= 11 is 1.18. The normalized spacial score (nSPS) is 20.4. The van der Waals surface area contributed by atoms with Gasteiger partial charge in [-0.25, -0.2) is 4.79 Å². The molecule has 3 N–H and O–H groups in total. The zero-order valence-electron chi connectivity index (χ0n) is 16.5. The Bertz CT molecular complexity index is 1090. The summed E-state index contributed by atoms with van der Waals surface area (Å²) < 4.78 is 0. The van der Waals surface area contributed by atoms with Crippen LogP contribution in [0.25, 0.3) is 0 Å². The number of fused-ring (bicyclic) bond motifs is 1. The number of carboxylic acid groups (broad SMARTS) is 1. The van der Waals surface area contributed by atoms with Crippen molar-refractivity contribution in [1.82, 2.24) is 5.32 Å². The van der Waals surface area contributed by atoms with Gasteiger partial charge >= 0.3 is 5.97 Å². The maximum absolute atomic E-state index is 12.3.